The van der Waals surface area contributed by atoms with Gasteiger partial charge in [-0.15, -0.1) is 0 Å². The Morgan fingerprint density at radius 2 is 1.86 bits per heavy atom. The molecule has 116 valence electrons. The summed E-state index contributed by atoms with van der Waals surface area (Å²) in [5.41, 5.74) is 4.66. The van der Waals surface area contributed by atoms with Crippen molar-refractivity contribution in [2.45, 2.75) is 71.0 Å². The molecule has 1 aliphatic heterocycles. The predicted molar refractivity (Wildman–Crippen MR) is 89.7 cm³/mol. The largest absolute Gasteiger partial charge is 0.306 e. The van der Waals surface area contributed by atoms with E-state index in [1.807, 2.05) is 0 Å². The van der Waals surface area contributed by atoms with Crippen LogP contribution in [0.4, 0.5) is 0 Å². The van der Waals surface area contributed by atoms with Crippen molar-refractivity contribution in [2.24, 2.45) is 0 Å². The van der Waals surface area contributed by atoms with Crippen LogP contribution in [0.2, 0.25) is 0 Å². The van der Waals surface area contributed by atoms with Crippen LogP contribution in [0, 0.1) is 0 Å². The fraction of sp³-hybridized carbons (Fsp3) is 0.684. The van der Waals surface area contributed by atoms with Gasteiger partial charge < -0.3 is 5.32 Å². The normalized spacial score (nSPS) is 24.3. The lowest BCUT2D eigenvalue weighted by Gasteiger charge is -2.24. The highest BCUT2D eigenvalue weighted by Crippen LogP contribution is 2.25. The van der Waals surface area contributed by atoms with E-state index < -0.39 is 0 Å². The summed E-state index contributed by atoms with van der Waals surface area (Å²) >= 11 is 0. The number of rotatable bonds is 4. The molecule has 1 aliphatic carbocycles. The molecule has 1 aromatic rings. The number of hydrogen-bond donors (Lipinski definition) is 1. The van der Waals surface area contributed by atoms with Gasteiger partial charge in [-0.1, -0.05) is 18.2 Å². The molecule has 0 amide bonds. The van der Waals surface area contributed by atoms with Gasteiger partial charge in [0.05, 0.1) is 0 Å². The molecule has 1 saturated heterocycles. The molecule has 1 heterocycles. The summed E-state index contributed by atoms with van der Waals surface area (Å²) in [6, 6.07) is 8.97. The summed E-state index contributed by atoms with van der Waals surface area (Å²) in [5, 5.41) is 3.85. The van der Waals surface area contributed by atoms with E-state index in [9.17, 15) is 0 Å². The summed E-state index contributed by atoms with van der Waals surface area (Å²) in [4.78, 5) is 2.58. The lowest BCUT2D eigenvalue weighted by molar-refractivity contribution is 0.266. The Bertz CT molecular complexity index is 480. The Kier molecular flexibility index (Phi) is 4.66. The van der Waals surface area contributed by atoms with E-state index in [-0.39, 0.29) is 0 Å². The lowest BCUT2D eigenvalue weighted by atomic mass is 9.89. The fourth-order valence-corrected chi connectivity index (χ4v) is 3.86. The van der Waals surface area contributed by atoms with Crippen molar-refractivity contribution >= 4 is 0 Å². The Hall–Kier alpha value is -0.860. The fourth-order valence-electron chi connectivity index (χ4n) is 3.86. The first-order valence-electron chi connectivity index (χ1n) is 8.75. The molecular formula is C19H30N2. The second-order valence-corrected chi connectivity index (χ2v) is 7.20. The van der Waals surface area contributed by atoms with Gasteiger partial charge in [0.15, 0.2) is 0 Å². The molecule has 2 heteroatoms. The second-order valence-electron chi connectivity index (χ2n) is 7.20. The molecule has 0 radical (unpaired) electrons. The van der Waals surface area contributed by atoms with Gasteiger partial charge in [0.1, 0.15) is 0 Å². The van der Waals surface area contributed by atoms with E-state index in [0.29, 0.717) is 18.1 Å². The van der Waals surface area contributed by atoms with Gasteiger partial charge in [0.25, 0.3) is 0 Å². The van der Waals surface area contributed by atoms with Gasteiger partial charge in [-0.25, -0.2) is 0 Å². The highest BCUT2D eigenvalue weighted by atomic mass is 15.2. The Morgan fingerprint density at radius 3 is 2.57 bits per heavy atom. The maximum atomic E-state index is 3.85. The number of aryl methyl sites for hydroxylation is 2. The number of fused-ring (bicyclic) bond motifs is 1. The first-order valence-corrected chi connectivity index (χ1v) is 8.75. The molecule has 2 unspecified atom stereocenters. The first-order chi connectivity index (χ1) is 10.1. The van der Waals surface area contributed by atoms with Crippen LogP contribution in [0.15, 0.2) is 18.2 Å². The minimum absolute atomic E-state index is 0.467. The zero-order valence-electron chi connectivity index (χ0n) is 13.9. The number of hydrogen-bond acceptors (Lipinski definition) is 2. The number of nitrogens with one attached hydrogen (secondary N) is 1. The number of nitrogens with zero attached hydrogens (tertiary/aromatic N) is 1. The minimum atomic E-state index is 0.467. The molecule has 2 atom stereocenters. The second kappa shape index (κ2) is 6.50. The molecule has 1 aromatic carbocycles. The number of likely N-dealkylation sites (tertiary alicyclic amines) is 1. The van der Waals surface area contributed by atoms with Crippen molar-refractivity contribution in [1.82, 2.24) is 10.2 Å². The van der Waals surface area contributed by atoms with Crippen molar-refractivity contribution < 1.29 is 0 Å². The average Bonchev–Trinajstić information content (AvgIpc) is 2.95. The monoisotopic (exact) mass is 286 g/mol. The van der Waals surface area contributed by atoms with E-state index in [1.54, 1.807) is 11.1 Å². The third-order valence-corrected chi connectivity index (χ3v) is 5.31. The summed E-state index contributed by atoms with van der Waals surface area (Å²) < 4.78 is 0. The standard InChI is InChI=1S/C19H30N2/c1-14(2)21-11-10-19(13-21)20-15(3)17-9-8-16-6-4-5-7-18(16)12-17/h8-9,12,14-15,19-20H,4-7,10-11,13H2,1-3H3. The van der Waals surface area contributed by atoms with Crippen LogP contribution >= 0.6 is 0 Å². The Labute approximate surface area is 129 Å². The molecule has 2 nitrogen and oxygen atoms in total. The molecule has 0 aromatic heterocycles. The van der Waals surface area contributed by atoms with Gasteiger partial charge in [-0.05, 0) is 76.1 Å². The van der Waals surface area contributed by atoms with Crippen LogP contribution in [0.3, 0.4) is 0 Å². The van der Waals surface area contributed by atoms with Crippen LogP contribution in [-0.2, 0) is 12.8 Å². The molecule has 2 aliphatic rings. The maximum Gasteiger partial charge on any atom is 0.0294 e. The van der Waals surface area contributed by atoms with Crippen molar-refractivity contribution in [3.05, 3.63) is 34.9 Å². The number of benzene rings is 1. The highest BCUT2D eigenvalue weighted by Gasteiger charge is 2.25. The van der Waals surface area contributed by atoms with Gasteiger partial charge in [-0.3, -0.25) is 4.90 Å². The van der Waals surface area contributed by atoms with E-state index in [1.165, 1.54) is 50.8 Å². The van der Waals surface area contributed by atoms with E-state index in [2.05, 4.69) is 49.2 Å². The smallest absolute Gasteiger partial charge is 0.0294 e. The summed E-state index contributed by atoms with van der Waals surface area (Å²) in [6.07, 6.45) is 6.58. The van der Waals surface area contributed by atoms with Gasteiger partial charge in [0.2, 0.25) is 0 Å². The molecule has 1 fully saturated rings. The van der Waals surface area contributed by atoms with Crippen LogP contribution in [0.25, 0.3) is 0 Å². The Morgan fingerprint density at radius 1 is 1.10 bits per heavy atom. The molecule has 1 N–H and O–H groups in total. The third-order valence-electron chi connectivity index (χ3n) is 5.31. The van der Waals surface area contributed by atoms with Crippen molar-refractivity contribution in [1.29, 1.82) is 0 Å². The lowest BCUT2D eigenvalue weighted by Crippen LogP contribution is -2.36. The van der Waals surface area contributed by atoms with Gasteiger partial charge in [-0.2, -0.15) is 0 Å². The summed E-state index contributed by atoms with van der Waals surface area (Å²) in [5.74, 6) is 0. The highest BCUT2D eigenvalue weighted by molar-refractivity contribution is 5.35. The van der Waals surface area contributed by atoms with E-state index >= 15 is 0 Å². The first kappa shape index (κ1) is 15.1. The maximum absolute atomic E-state index is 3.85. The van der Waals surface area contributed by atoms with Gasteiger partial charge in [0, 0.05) is 24.7 Å². The van der Waals surface area contributed by atoms with E-state index in [0.717, 1.165) is 0 Å². The van der Waals surface area contributed by atoms with Crippen LogP contribution in [0.1, 0.15) is 62.8 Å². The molecule has 0 spiro atoms. The van der Waals surface area contributed by atoms with Crippen LogP contribution in [0.5, 0.6) is 0 Å². The zero-order valence-corrected chi connectivity index (χ0v) is 13.9. The van der Waals surface area contributed by atoms with Crippen molar-refractivity contribution in [3.8, 4) is 0 Å². The van der Waals surface area contributed by atoms with Crippen molar-refractivity contribution in [2.75, 3.05) is 13.1 Å². The summed E-state index contributed by atoms with van der Waals surface area (Å²) in [7, 11) is 0. The van der Waals surface area contributed by atoms with Crippen LogP contribution in [-0.4, -0.2) is 30.1 Å². The molecule has 21 heavy (non-hydrogen) atoms. The molecule has 3 rings (SSSR count). The molecular weight excluding hydrogens is 256 g/mol. The molecule has 0 bridgehead atoms. The minimum Gasteiger partial charge on any atom is -0.306 e. The van der Waals surface area contributed by atoms with Crippen LogP contribution < -0.4 is 5.32 Å². The zero-order chi connectivity index (χ0) is 14.8. The van der Waals surface area contributed by atoms with Gasteiger partial charge >= 0.3 is 0 Å². The van der Waals surface area contributed by atoms with E-state index in [4.69, 9.17) is 0 Å². The third kappa shape index (κ3) is 3.49. The SMILES string of the molecule is CC(NC1CCN(C(C)C)C1)c1ccc2c(c1)CCCC2. The quantitative estimate of drug-likeness (QED) is 0.908. The Balaban J connectivity index is 1.62. The molecule has 0 saturated carbocycles. The average molecular weight is 286 g/mol. The predicted octanol–water partition coefficient (Wildman–Crippen LogP) is 3.70. The van der Waals surface area contributed by atoms with Crippen molar-refractivity contribution in [3.63, 3.8) is 0 Å². The topological polar surface area (TPSA) is 15.3 Å². The summed E-state index contributed by atoms with van der Waals surface area (Å²) in [6.45, 7) is 9.37.